The van der Waals surface area contributed by atoms with Crippen LogP contribution in [-0.2, 0) is 14.6 Å². The first-order valence-corrected chi connectivity index (χ1v) is 9.49. The van der Waals surface area contributed by atoms with E-state index in [1.807, 2.05) is 0 Å². The van der Waals surface area contributed by atoms with Crippen LogP contribution in [-0.4, -0.2) is 48.6 Å². The molecule has 1 N–H and O–H groups in total. The van der Waals surface area contributed by atoms with Crippen LogP contribution in [0.5, 0.6) is 0 Å². The van der Waals surface area contributed by atoms with Crippen molar-refractivity contribution in [1.82, 2.24) is 4.90 Å². The molecule has 1 aliphatic rings. The van der Waals surface area contributed by atoms with Crippen LogP contribution in [0.25, 0.3) is 0 Å². The van der Waals surface area contributed by atoms with Crippen LogP contribution < -0.4 is 0 Å². The number of hydrogen-bond donors (Lipinski definition) is 1. The smallest absolute Gasteiger partial charge is 0.311 e. The SMILES string of the molecule is CC(C)S(=O)(=O)c1ccc(C(=O)N2CCCC(C)(C(=O)O)C2)cc1. The molecule has 1 aromatic carbocycles. The van der Waals surface area contributed by atoms with E-state index in [9.17, 15) is 23.1 Å². The summed E-state index contributed by atoms with van der Waals surface area (Å²) >= 11 is 0. The summed E-state index contributed by atoms with van der Waals surface area (Å²) in [5.74, 6) is -1.17. The predicted molar refractivity (Wildman–Crippen MR) is 89.6 cm³/mol. The van der Waals surface area contributed by atoms with Crippen molar-refractivity contribution in [1.29, 1.82) is 0 Å². The largest absolute Gasteiger partial charge is 0.481 e. The lowest BCUT2D eigenvalue weighted by Crippen LogP contribution is -2.48. The molecule has 24 heavy (non-hydrogen) atoms. The third kappa shape index (κ3) is 3.45. The lowest BCUT2D eigenvalue weighted by Gasteiger charge is -2.37. The number of carboxylic acid groups (broad SMARTS) is 1. The summed E-state index contributed by atoms with van der Waals surface area (Å²) in [6, 6.07) is 5.85. The van der Waals surface area contributed by atoms with Crippen molar-refractivity contribution in [3.8, 4) is 0 Å². The number of piperidine rings is 1. The molecule has 1 heterocycles. The van der Waals surface area contributed by atoms with Crippen LogP contribution >= 0.6 is 0 Å². The first kappa shape index (κ1) is 18.4. The number of nitrogens with zero attached hydrogens (tertiary/aromatic N) is 1. The third-order valence-electron chi connectivity index (χ3n) is 4.55. The fourth-order valence-corrected chi connectivity index (χ4v) is 3.89. The highest BCUT2D eigenvalue weighted by Gasteiger charge is 2.39. The predicted octanol–water partition coefficient (Wildman–Crippen LogP) is 2.20. The normalized spacial score (nSPS) is 21.8. The zero-order valence-electron chi connectivity index (χ0n) is 14.2. The molecular weight excluding hydrogens is 330 g/mol. The second-order valence-electron chi connectivity index (χ2n) is 6.81. The third-order valence-corrected chi connectivity index (χ3v) is 6.72. The molecule has 0 radical (unpaired) electrons. The lowest BCUT2D eigenvalue weighted by atomic mass is 9.82. The Morgan fingerprint density at radius 3 is 2.29 bits per heavy atom. The maximum Gasteiger partial charge on any atom is 0.311 e. The van der Waals surface area contributed by atoms with Crippen molar-refractivity contribution in [2.75, 3.05) is 13.1 Å². The summed E-state index contributed by atoms with van der Waals surface area (Å²) < 4.78 is 24.2. The monoisotopic (exact) mass is 353 g/mol. The van der Waals surface area contributed by atoms with Gasteiger partial charge in [-0.3, -0.25) is 9.59 Å². The van der Waals surface area contributed by atoms with Crippen LogP contribution in [0, 0.1) is 5.41 Å². The van der Waals surface area contributed by atoms with E-state index in [2.05, 4.69) is 0 Å². The second-order valence-corrected chi connectivity index (χ2v) is 9.32. The molecule has 1 amide bonds. The Hall–Kier alpha value is -1.89. The first-order valence-electron chi connectivity index (χ1n) is 7.94. The molecule has 6 nitrogen and oxygen atoms in total. The molecule has 1 fully saturated rings. The zero-order chi connectivity index (χ0) is 18.1. The van der Waals surface area contributed by atoms with Gasteiger partial charge in [0.2, 0.25) is 0 Å². The minimum absolute atomic E-state index is 0.160. The molecule has 1 saturated heterocycles. The van der Waals surface area contributed by atoms with Gasteiger partial charge in [0, 0.05) is 18.7 Å². The fourth-order valence-electron chi connectivity index (χ4n) is 2.83. The molecule has 0 spiro atoms. The highest BCUT2D eigenvalue weighted by Crippen LogP contribution is 2.30. The van der Waals surface area contributed by atoms with Gasteiger partial charge in [-0.15, -0.1) is 0 Å². The Balaban J connectivity index is 2.20. The van der Waals surface area contributed by atoms with Gasteiger partial charge in [0.05, 0.1) is 15.6 Å². The first-order chi connectivity index (χ1) is 11.1. The van der Waals surface area contributed by atoms with Gasteiger partial charge in [0.25, 0.3) is 5.91 Å². The fraction of sp³-hybridized carbons (Fsp3) is 0.529. The molecule has 0 saturated carbocycles. The maximum atomic E-state index is 12.6. The van der Waals surface area contributed by atoms with Gasteiger partial charge < -0.3 is 10.0 Å². The Bertz CT molecular complexity index is 739. The summed E-state index contributed by atoms with van der Waals surface area (Å²) in [7, 11) is -3.38. The molecule has 7 heteroatoms. The lowest BCUT2D eigenvalue weighted by molar-refractivity contribution is -0.150. The Morgan fingerprint density at radius 2 is 1.79 bits per heavy atom. The minimum atomic E-state index is -3.38. The van der Waals surface area contributed by atoms with Gasteiger partial charge in [0.15, 0.2) is 9.84 Å². The van der Waals surface area contributed by atoms with Gasteiger partial charge in [0.1, 0.15) is 0 Å². The van der Waals surface area contributed by atoms with Gasteiger partial charge in [-0.25, -0.2) is 8.42 Å². The van der Waals surface area contributed by atoms with Gasteiger partial charge in [-0.2, -0.15) is 0 Å². The number of aliphatic carboxylic acids is 1. The summed E-state index contributed by atoms with van der Waals surface area (Å²) in [4.78, 5) is 25.7. The quantitative estimate of drug-likeness (QED) is 0.896. The molecular formula is C17H23NO5S. The van der Waals surface area contributed by atoms with Gasteiger partial charge in [-0.1, -0.05) is 0 Å². The summed E-state index contributed by atoms with van der Waals surface area (Å²) in [5, 5.41) is 8.81. The average Bonchev–Trinajstić information content (AvgIpc) is 2.54. The van der Waals surface area contributed by atoms with Crippen molar-refractivity contribution in [3.63, 3.8) is 0 Å². The molecule has 1 atom stereocenters. The minimum Gasteiger partial charge on any atom is -0.481 e. The average molecular weight is 353 g/mol. The number of rotatable bonds is 4. The van der Waals surface area contributed by atoms with Crippen molar-refractivity contribution in [2.45, 2.75) is 43.8 Å². The van der Waals surface area contributed by atoms with Crippen LogP contribution in [0.3, 0.4) is 0 Å². The number of sulfone groups is 1. The highest BCUT2D eigenvalue weighted by atomic mass is 32.2. The van der Waals surface area contributed by atoms with E-state index in [0.29, 0.717) is 24.9 Å². The summed E-state index contributed by atoms with van der Waals surface area (Å²) in [6.07, 6.45) is 1.17. The molecule has 1 aliphatic heterocycles. The van der Waals surface area contributed by atoms with E-state index in [-0.39, 0.29) is 17.3 Å². The molecule has 0 aromatic heterocycles. The van der Waals surface area contributed by atoms with E-state index in [4.69, 9.17) is 0 Å². The number of carbonyl (C=O) groups is 2. The molecule has 0 bridgehead atoms. The number of benzene rings is 1. The van der Waals surface area contributed by atoms with Crippen molar-refractivity contribution in [2.24, 2.45) is 5.41 Å². The Kier molecular flexibility index (Phi) is 5.03. The summed E-state index contributed by atoms with van der Waals surface area (Å²) in [5.41, 5.74) is -0.568. The molecule has 1 unspecified atom stereocenters. The van der Waals surface area contributed by atoms with Crippen LogP contribution in [0.15, 0.2) is 29.2 Å². The number of amides is 1. The Labute approximate surface area is 142 Å². The molecule has 2 rings (SSSR count). The van der Waals surface area contributed by atoms with Crippen molar-refractivity contribution in [3.05, 3.63) is 29.8 Å². The maximum absolute atomic E-state index is 12.6. The number of likely N-dealkylation sites (tertiary alicyclic amines) is 1. The van der Waals surface area contributed by atoms with E-state index >= 15 is 0 Å². The van der Waals surface area contributed by atoms with Crippen LogP contribution in [0.2, 0.25) is 0 Å². The zero-order valence-corrected chi connectivity index (χ0v) is 15.0. The summed E-state index contributed by atoms with van der Waals surface area (Å²) in [6.45, 7) is 5.53. The topological polar surface area (TPSA) is 91.8 Å². The van der Waals surface area contributed by atoms with Gasteiger partial charge in [-0.05, 0) is 57.9 Å². The van der Waals surface area contributed by atoms with E-state index in [0.717, 1.165) is 0 Å². The van der Waals surface area contributed by atoms with E-state index in [1.165, 1.54) is 29.2 Å². The van der Waals surface area contributed by atoms with E-state index < -0.39 is 26.5 Å². The number of carboxylic acids is 1. The molecule has 132 valence electrons. The van der Waals surface area contributed by atoms with E-state index in [1.54, 1.807) is 20.8 Å². The van der Waals surface area contributed by atoms with Crippen LogP contribution in [0.4, 0.5) is 0 Å². The second kappa shape index (κ2) is 6.55. The highest BCUT2D eigenvalue weighted by molar-refractivity contribution is 7.92. The standard InChI is InChI=1S/C17H23NO5S/c1-12(2)24(22,23)14-7-5-13(6-8-14)15(19)18-10-4-9-17(3,11-18)16(20)21/h5-8,12H,4,9-11H2,1-3H3,(H,20,21). The van der Waals surface area contributed by atoms with Crippen LogP contribution in [0.1, 0.15) is 44.0 Å². The Morgan fingerprint density at radius 1 is 1.21 bits per heavy atom. The molecule has 0 aliphatic carbocycles. The van der Waals surface area contributed by atoms with Crippen molar-refractivity contribution < 1.29 is 23.1 Å². The van der Waals surface area contributed by atoms with Crippen molar-refractivity contribution >= 4 is 21.7 Å². The van der Waals surface area contributed by atoms with Gasteiger partial charge >= 0.3 is 5.97 Å². The number of carbonyl (C=O) groups excluding carboxylic acids is 1. The number of hydrogen-bond acceptors (Lipinski definition) is 4. The molecule has 1 aromatic rings.